The summed E-state index contributed by atoms with van der Waals surface area (Å²) >= 11 is 0. The van der Waals surface area contributed by atoms with E-state index in [-0.39, 0.29) is 0 Å². The Bertz CT molecular complexity index is 752. The van der Waals surface area contributed by atoms with E-state index in [1.807, 2.05) is 13.0 Å². The molecule has 124 valence electrons. The van der Waals surface area contributed by atoms with E-state index in [1.54, 1.807) is 6.20 Å². The van der Waals surface area contributed by atoms with Crippen molar-refractivity contribution in [3.05, 3.63) is 52.8 Å². The van der Waals surface area contributed by atoms with Crippen LogP contribution in [-0.2, 0) is 6.42 Å². The van der Waals surface area contributed by atoms with Gasteiger partial charge in [0.05, 0.1) is 16.9 Å². The summed E-state index contributed by atoms with van der Waals surface area (Å²) < 4.78 is 0. The lowest BCUT2D eigenvalue weighted by Crippen LogP contribution is -2.09. The number of benzene rings is 1. The first-order valence-corrected chi connectivity index (χ1v) is 8.89. The summed E-state index contributed by atoms with van der Waals surface area (Å²) in [7, 11) is 0. The highest BCUT2D eigenvalue weighted by atomic mass is 14.9. The van der Waals surface area contributed by atoms with Crippen LogP contribution in [0.15, 0.2) is 30.5 Å². The van der Waals surface area contributed by atoms with Crippen molar-refractivity contribution in [1.29, 1.82) is 5.26 Å². The molecule has 1 N–H and O–H groups in total. The zero-order chi connectivity index (χ0) is 16.9. The number of aryl methyl sites for hydroxylation is 2. The van der Waals surface area contributed by atoms with Crippen LogP contribution in [0.1, 0.15) is 54.5 Å². The van der Waals surface area contributed by atoms with Gasteiger partial charge < -0.3 is 5.32 Å². The van der Waals surface area contributed by atoms with Gasteiger partial charge in [-0.25, -0.2) is 0 Å². The van der Waals surface area contributed by atoms with Crippen LogP contribution in [0.2, 0.25) is 0 Å². The maximum Gasteiger partial charge on any atom is 0.103 e. The van der Waals surface area contributed by atoms with E-state index < -0.39 is 0 Å². The largest absolute Gasteiger partial charge is 0.354 e. The Morgan fingerprint density at radius 1 is 1.12 bits per heavy atom. The Labute approximate surface area is 144 Å². The Morgan fingerprint density at radius 2 is 1.92 bits per heavy atom. The minimum Gasteiger partial charge on any atom is -0.354 e. The van der Waals surface area contributed by atoms with Crippen LogP contribution in [0.3, 0.4) is 0 Å². The first kappa shape index (κ1) is 16.5. The second-order valence-electron chi connectivity index (χ2n) is 6.91. The molecule has 0 spiro atoms. The summed E-state index contributed by atoms with van der Waals surface area (Å²) in [5, 5.41) is 12.7. The fourth-order valence-electron chi connectivity index (χ4n) is 3.67. The van der Waals surface area contributed by atoms with Gasteiger partial charge in [0.15, 0.2) is 0 Å². The lowest BCUT2D eigenvalue weighted by Gasteiger charge is -2.22. The van der Waals surface area contributed by atoms with Crippen LogP contribution < -0.4 is 5.32 Å². The standard InChI is InChI=1S/C21H25N3/c1-15-12-18(13-17-6-4-3-5-7-17)8-9-20(15)24-21-10-11-23-16(2)19(21)14-22/h8-12,17H,3-7,13H2,1-2H3,(H,23,24). The number of anilines is 2. The third-order valence-corrected chi connectivity index (χ3v) is 5.06. The van der Waals surface area contributed by atoms with Crippen LogP contribution in [0, 0.1) is 31.1 Å². The predicted octanol–water partition coefficient (Wildman–Crippen LogP) is 5.44. The van der Waals surface area contributed by atoms with Crippen molar-refractivity contribution in [3.8, 4) is 6.07 Å². The molecule has 3 heteroatoms. The Balaban J connectivity index is 1.76. The number of nitrogens with one attached hydrogen (secondary N) is 1. The molecule has 1 fully saturated rings. The first-order valence-electron chi connectivity index (χ1n) is 8.89. The minimum atomic E-state index is 0.614. The molecule has 0 atom stereocenters. The van der Waals surface area contributed by atoms with Crippen molar-refractivity contribution in [2.45, 2.75) is 52.4 Å². The summed E-state index contributed by atoms with van der Waals surface area (Å²) in [5.41, 5.74) is 5.91. The molecule has 1 aliphatic rings. The molecule has 1 aromatic carbocycles. The highest BCUT2D eigenvalue weighted by molar-refractivity contribution is 5.69. The monoisotopic (exact) mass is 319 g/mol. The molecule has 0 aliphatic heterocycles. The van der Waals surface area contributed by atoms with Crippen molar-refractivity contribution in [2.75, 3.05) is 5.32 Å². The molecule has 2 aromatic rings. The Hall–Kier alpha value is -2.34. The average Bonchev–Trinajstić information content (AvgIpc) is 2.58. The van der Waals surface area contributed by atoms with E-state index in [1.165, 1.54) is 49.7 Å². The summed E-state index contributed by atoms with van der Waals surface area (Å²) in [6.45, 7) is 4.00. The average molecular weight is 319 g/mol. The van der Waals surface area contributed by atoms with E-state index in [4.69, 9.17) is 0 Å². The van der Waals surface area contributed by atoms with Crippen LogP contribution in [0.4, 0.5) is 11.4 Å². The molecule has 1 heterocycles. The second kappa shape index (κ2) is 7.49. The van der Waals surface area contributed by atoms with Crippen LogP contribution in [0.25, 0.3) is 0 Å². The van der Waals surface area contributed by atoms with Gasteiger partial charge in [-0.05, 0) is 49.4 Å². The van der Waals surface area contributed by atoms with Gasteiger partial charge in [-0.1, -0.05) is 44.2 Å². The zero-order valence-corrected chi connectivity index (χ0v) is 14.6. The van der Waals surface area contributed by atoms with Gasteiger partial charge in [0, 0.05) is 11.9 Å². The van der Waals surface area contributed by atoms with Gasteiger partial charge in [0.2, 0.25) is 0 Å². The van der Waals surface area contributed by atoms with E-state index in [9.17, 15) is 5.26 Å². The molecule has 0 unspecified atom stereocenters. The molecule has 0 radical (unpaired) electrons. The molecule has 3 nitrogen and oxygen atoms in total. The van der Waals surface area contributed by atoms with Crippen molar-refractivity contribution < 1.29 is 0 Å². The summed E-state index contributed by atoms with van der Waals surface area (Å²) in [6.07, 6.45) is 9.88. The topological polar surface area (TPSA) is 48.7 Å². The summed E-state index contributed by atoms with van der Waals surface area (Å²) in [5.74, 6) is 0.852. The minimum absolute atomic E-state index is 0.614. The molecule has 3 rings (SSSR count). The molecule has 24 heavy (non-hydrogen) atoms. The summed E-state index contributed by atoms with van der Waals surface area (Å²) in [6, 6.07) is 10.8. The zero-order valence-electron chi connectivity index (χ0n) is 14.6. The van der Waals surface area contributed by atoms with Gasteiger partial charge in [-0.15, -0.1) is 0 Å². The fourth-order valence-corrected chi connectivity index (χ4v) is 3.67. The third kappa shape index (κ3) is 3.76. The smallest absolute Gasteiger partial charge is 0.103 e. The van der Waals surface area contributed by atoms with E-state index >= 15 is 0 Å². The molecular weight excluding hydrogens is 294 g/mol. The lowest BCUT2D eigenvalue weighted by molar-refractivity contribution is 0.356. The fraction of sp³-hybridized carbons (Fsp3) is 0.429. The number of nitrogens with zero attached hydrogens (tertiary/aromatic N) is 2. The van der Waals surface area contributed by atoms with Gasteiger partial charge in [0.25, 0.3) is 0 Å². The number of nitriles is 1. The Morgan fingerprint density at radius 3 is 2.62 bits per heavy atom. The molecule has 1 aliphatic carbocycles. The second-order valence-corrected chi connectivity index (χ2v) is 6.91. The number of pyridine rings is 1. The highest BCUT2D eigenvalue weighted by Gasteiger charge is 2.14. The number of hydrogen-bond donors (Lipinski definition) is 1. The molecule has 0 amide bonds. The first-order chi connectivity index (χ1) is 11.7. The maximum absolute atomic E-state index is 9.34. The quantitative estimate of drug-likeness (QED) is 0.816. The SMILES string of the molecule is Cc1cc(CC2CCCCC2)ccc1Nc1ccnc(C)c1C#N. The molecule has 1 saturated carbocycles. The molecule has 0 saturated heterocycles. The molecule has 0 bridgehead atoms. The van der Waals surface area contributed by atoms with Crippen LogP contribution >= 0.6 is 0 Å². The van der Waals surface area contributed by atoms with Crippen molar-refractivity contribution in [3.63, 3.8) is 0 Å². The number of rotatable bonds is 4. The Kier molecular flexibility index (Phi) is 5.15. The van der Waals surface area contributed by atoms with E-state index in [0.29, 0.717) is 5.56 Å². The van der Waals surface area contributed by atoms with Crippen LogP contribution in [-0.4, -0.2) is 4.98 Å². The molecule has 1 aromatic heterocycles. The van der Waals surface area contributed by atoms with E-state index in [2.05, 4.69) is 41.5 Å². The van der Waals surface area contributed by atoms with Crippen molar-refractivity contribution >= 4 is 11.4 Å². The number of aromatic nitrogens is 1. The maximum atomic E-state index is 9.34. The normalized spacial score (nSPS) is 15.0. The van der Waals surface area contributed by atoms with Gasteiger partial charge in [-0.2, -0.15) is 5.26 Å². The molecular formula is C21H25N3. The summed E-state index contributed by atoms with van der Waals surface area (Å²) in [4.78, 5) is 4.19. The third-order valence-electron chi connectivity index (χ3n) is 5.06. The number of hydrogen-bond acceptors (Lipinski definition) is 3. The van der Waals surface area contributed by atoms with Crippen LogP contribution in [0.5, 0.6) is 0 Å². The van der Waals surface area contributed by atoms with Gasteiger partial charge >= 0.3 is 0 Å². The lowest BCUT2D eigenvalue weighted by atomic mass is 9.84. The predicted molar refractivity (Wildman–Crippen MR) is 98.4 cm³/mol. The highest BCUT2D eigenvalue weighted by Crippen LogP contribution is 2.29. The van der Waals surface area contributed by atoms with E-state index in [0.717, 1.165) is 23.0 Å². The van der Waals surface area contributed by atoms with Gasteiger partial charge in [0.1, 0.15) is 6.07 Å². The van der Waals surface area contributed by atoms with Gasteiger partial charge in [-0.3, -0.25) is 4.98 Å². The van der Waals surface area contributed by atoms with Crippen molar-refractivity contribution in [2.24, 2.45) is 5.92 Å². The van der Waals surface area contributed by atoms with Crippen molar-refractivity contribution in [1.82, 2.24) is 4.98 Å².